The largest absolute Gasteiger partial charge is 0.289 e. The zero-order valence-corrected chi connectivity index (χ0v) is 15.7. The zero-order valence-electron chi connectivity index (χ0n) is 15.7. The molecule has 126 valence electrons. The number of hydrogen-bond acceptors (Lipinski definition) is 2. The van der Waals surface area contributed by atoms with Crippen molar-refractivity contribution in [3.63, 3.8) is 0 Å². The van der Waals surface area contributed by atoms with Gasteiger partial charge in [-0.2, -0.15) is 5.10 Å². The number of aromatic nitrogens is 2. The summed E-state index contributed by atoms with van der Waals surface area (Å²) in [6.07, 6.45) is 9.45. The minimum atomic E-state index is 0.0608. The minimum Gasteiger partial charge on any atom is -0.289 e. The van der Waals surface area contributed by atoms with E-state index >= 15 is 0 Å². The molecule has 3 heteroatoms. The van der Waals surface area contributed by atoms with Crippen LogP contribution < -0.4 is 0 Å². The first-order valence-electron chi connectivity index (χ1n) is 8.42. The predicted octanol–water partition coefficient (Wildman–Crippen LogP) is 5.66. The van der Waals surface area contributed by atoms with Crippen LogP contribution in [0.5, 0.6) is 0 Å². The number of fused-ring (bicyclic) bond motifs is 1. The van der Waals surface area contributed by atoms with Crippen LogP contribution >= 0.6 is 0 Å². The molecule has 1 aliphatic carbocycles. The maximum Gasteiger partial charge on any atom is 0.194 e. The Bertz CT molecular complexity index is 641. The molecule has 23 heavy (non-hydrogen) atoms. The van der Waals surface area contributed by atoms with Crippen LogP contribution in [0.3, 0.4) is 0 Å². The quantitative estimate of drug-likeness (QED) is 0.679. The molecule has 0 fully saturated rings. The number of carbonyl (C=O) groups is 1. The molecule has 0 atom stereocenters. The molecule has 0 bridgehead atoms. The van der Waals surface area contributed by atoms with Gasteiger partial charge in [0.25, 0.3) is 0 Å². The van der Waals surface area contributed by atoms with Crippen LogP contribution in [0.4, 0.5) is 0 Å². The van der Waals surface area contributed by atoms with Crippen molar-refractivity contribution < 1.29 is 4.79 Å². The lowest BCUT2D eigenvalue weighted by molar-refractivity contribution is -0.110. The maximum atomic E-state index is 12.6. The van der Waals surface area contributed by atoms with Gasteiger partial charge >= 0.3 is 0 Å². The van der Waals surface area contributed by atoms with Gasteiger partial charge in [0, 0.05) is 28.0 Å². The number of rotatable bonds is 1. The molecular weight excluding hydrogens is 284 g/mol. The number of ketones is 1. The first kappa shape index (κ1) is 20.8. The van der Waals surface area contributed by atoms with E-state index in [1.165, 1.54) is 0 Å². The summed E-state index contributed by atoms with van der Waals surface area (Å²) in [5.41, 5.74) is 5.05. The SMILES string of the molecule is CC.CC.C\C=C/C=C1/C(=O)/C(=C/C)c2c(n[nH]c2C)/C1=C/C. The fraction of sp³-hybridized carbons (Fsp3) is 0.400. The second-order valence-corrected chi connectivity index (χ2v) is 4.41. The highest BCUT2D eigenvalue weighted by molar-refractivity contribution is 6.37. The Morgan fingerprint density at radius 3 is 1.96 bits per heavy atom. The van der Waals surface area contributed by atoms with Gasteiger partial charge in [0.2, 0.25) is 0 Å². The predicted molar refractivity (Wildman–Crippen MR) is 101 cm³/mol. The van der Waals surface area contributed by atoms with Crippen LogP contribution in [-0.2, 0) is 4.79 Å². The van der Waals surface area contributed by atoms with Crippen molar-refractivity contribution in [2.24, 2.45) is 0 Å². The van der Waals surface area contributed by atoms with Gasteiger partial charge in [-0.25, -0.2) is 0 Å². The summed E-state index contributed by atoms with van der Waals surface area (Å²) in [6, 6.07) is 0. The molecule has 0 saturated heterocycles. The van der Waals surface area contributed by atoms with Gasteiger partial charge in [-0.1, -0.05) is 58.1 Å². The molecule has 0 aliphatic heterocycles. The second kappa shape index (κ2) is 10.5. The van der Waals surface area contributed by atoms with Crippen molar-refractivity contribution in [3.8, 4) is 0 Å². The summed E-state index contributed by atoms with van der Waals surface area (Å²) in [7, 11) is 0. The topological polar surface area (TPSA) is 45.8 Å². The van der Waals surface area contributed by atoms with Crippen molar-refractivity contribution in [2.75, 3.05) is 0 Å². The summed E-state index contributed by atoms with van der Waals surface area (Å²) in [5.74, 6) is 0.0608. The number of nitrogens with one attached hydrogen (secondary N) is 1. The minimum absolute atomic E-state index is 0.0608. The van der Waals surface area contributed by atoms with Crippen LogP contribution in [0, 0.1) is 6.92 Å². The normalized spacial score (nSPS) is 18.6. The summed E-state index contributed by atoms with van der Waals surface area (Å²) in [5, 5.41) is 7.32. The zero-order chi connectivity index (χ0) is 18.0. The summed E-state index contributed by atoms with van der Waals surface area (Å²) >= 11 is 0. The fourth-order valence-electron chi connectivity index (χ4n) is 2.39. The van der Waals surface area contributed by atoms with Crippen LogP contribution in [0.1, 0.15) is 65.4 Å². The van der Waals surface area contributed by atoms with Gasteiger partial charge in [-0.3, -0.25) is 9.89 Å². The molecule has 0 amide bonds. The van der Waals surface area contributed by atoms with E-state index in [1.54, 1.807) is 0 Å². The molecular formula is C20H30N2O. The molecule has 3 nitrogen and oxygen atoms in total. The molecule has 1 aromatic rings. The molecule has 2 rings (SSSR count). The number of hydrogen-bond donors (Lipinski definition) is 1. The van der Waals surface area contributed by atoms with Gasteiger partial charge in [0.15, 0.2) is 5.78 Å². The van der Waals surface area contributed by atoms with Crippen molar-refractivity contribution in [1.29, 1.82) is 0 Å². The van der Waals surface area contributed by atoms with E-state index < -0.39 is 0 Å². The van der Waals surface area contributed by atoms with Gasteiger partial charge in [-0.05, 0) is 27.7 Å². The van der Waals surface area contributed by atoms with E-state index in [9.17, 15) is 4.79 Å². The van der Waals surface area contributed by atoms with Crippen molar-refractivity contribution in [1.82, 2.24) is 10.2 Å². The smallest absolute Gasteiger partial charge is 0.194 e. The van der Waals surface area contributed by atoms with Crippen molar-refractivity contribution in [3.05, 3.63) is 52.9 Å². The molecule has 0 saturated carbocycles. The van der Waals surface area contributed by atoms with Gasteiger partial charge in [0.1, 0.15) is 5.69 Å². The lowest BCUT2D eigenvalue weighted by Gasteiger charge is -2.19. The van der Waals surface area contributed by atoms with E-state index in [0.29, 0.717) is 5.57 Å². The van der Waals surface area contributed by atoms with E-state index in [0.717, 1.165) is 28.1 Å². The molecule has 0 spiro atoms. The Balaban J connectivity index is 0.00000112. The van der Waals surface area contributed by atoms with Crippen molar-refractivity contribution >= 4 is 16.9 Å². The third-order valence-electron chi connectivity index (χ3n) is 3.28. The van der Waals surface area contributed by atoms with Gasteiger partial charge < -0.3 is 0 Å². The Kier molecular flexibility index (Phi) is 9.56. The molecule has 0 aromatic carbocycles. The average Bonchev–Trinajstić information content (AvgIpc) is 2.98. The second-order valence-electron chi connectivity index (χ2n) is 4.41. The molecule has 0 unspecified atom stereocenters. The number of carbonyl (C=O) groups excluding carboxylic acids is 1. The number of Topliss-reactive ketones (excluding diaryl/α,β-unsaturated/α-hetero) is 1. The number of allylic oxidation sites excluding steroid dienone is 8. The van der Waals surface area contributed by atoms with Crippen LogP contribution in [0.15, 0.2) is 36.0 Å². The maximum absolute atomic E-state index is 12.6. The first-order chi connectivity index (χ1) is 11.2. The summed E-state index contributed by atoms with van der Waals surface area (Å²) < 4.78 is 0. The number of aromatic amines is 1. The fourth-order valence-corrected chi connectivity index (χ4v) is 2.39. The first-order valence-corrected chi connectivity index (χ1v) is 8.42. The number of nitrogens with zero attached hydrogens (tertiary/aromatic N) is 1. The van der Waals surface area contributed by atoms with E-state index in [1.807, 2.05) is 85.8 Å². The van der Waals surface area contributed by atoms with Crippen LogP contribution in [0.25, 0.3) is 11.1 Å². The molecule has 1 heterocycles. The van der Waals surface area contributed by atoms with Gasteiger partial charge in [0.05, 0.1) is 0 Å². The van der Waals surface area contributed by atoms with E-state index in [4.69, 9.17) is 0 Å². The van der Waals surface area contributed by atoms with E-state index in [-0.39, 0.29) is 5.78 Å². The standard InChI is InChI=1S/C16H18N2O.2C2H6/c1-5-8-9-13-11(6-2)15-14(10(4)17-18-15)12(7-3)16(13)19;2*1-2/h5-9H,1-4H3,(H,17,18);2*1-2H3/b8-5-,11-6+,12-7+,13-9+;;. The molecule has 1 aliphatic rings. The number of aryl methyl sites for hydroxylation is 1. The Hall–Kier alpha value is -2.16. The van der Waals surface area contributed by atoms with Crippen LogP contribution in [-0.4, -0.2) is 16.0 Å². The highest BCUT2D eigenvalue weighted by atomic mass is 16.1. The summed E-state index contributed by atoms with van der Waals surface area (Å²) in [6.45, 7) is 15.7. The van der Waals surface area contributed by atoms with Crippen LogP contribution in [0.2, 0.25) is 0 Å². The van der Waals surface area contributed by atoms with E-state index in [2.05, 4.69) is 10.2 Å². The third kappa shape index (κ3) is 4.19. The Morgan fingerprint density at radius 1 is 0.913 bits per heavy atom. The highest BCUT2D eigenvalue weighted by Gasteiger charge is 2.32. The van der Waals surface area contributed by atoms with Gasteiger partial charge in [-0.15, -0.1) is 0 Å². The monoisotopic (exact) mass is 314 g/mol. The lowest BCUT2D eigenvalue weighted by Crippen LogP contribution is -2.15. The average molecular weight is 314 g/mol. The Morgan fingerprint density at radius 2 is 1.48 bits per heavy atom. The third-order valence-corrected chi connectivity index (χ3v) is 3.28. The molecule has 1 aromatic heterocycles. The molecule has 1 N–H and O–H groups in total. The summed E-state index contributed by atoms with van der Waals surface area (Å²) in [4.78, 5) is 12.6. The molecule has 0 radical (unpaired) electrons. The lowest BCUT2D eigenvalue weighted by atomic mass is 9.82. The number of H-pyrrole nitrogens is 1. The van der Waals surface area contributed by atoms with Crippen molar-refractivity contribution in [2.45, 2.75) is 55.4 Å². The Labute approximate surface area is 140 Å². The highest BCUT2D eigenvalue weighted by Crippen LogP contribution is 2.39.